The molecule has 1 fully saturated rings. The third-order valence-corrected chi connectivity index (χ3v) is 7.61. The molecule has 0 saturated carbocycles. The normalized spacial score (nSPS) is 14.8. The number of carbonyl (C=O) groups excluding carboxylic acids is 2. The summed E-state index contributed by atoms with van der Waals surface area (Å²) in [5, 5.41) is 14.9. The molecule has 0 radical (unpaired) electrons. The number of carbonyl (C=O) groups is 3. The summed E-state index contributed by atoms with van der Waals surface area (Å²) >= 11 is 1.16. The van der Waals surface area contributed by atoms with Gasteiger partial charge < -0.3 is 16.7 Å². The molecule has 2 aromatic carbocycles. The molecule has 3 amide bonds. The molecule has 0 aliphatic carbocycles. The van der Waals surface area contributed by atoms with Crippen LogP contribution in [0, 0.1) is 11.7 Å². The van der Waals surface area contributed by atoms with E-state index in [1.165, 1.54) is 0 Å². The molecule has 3 N–H and O–H groups in total. The maximum Gasteiger partial charge on any atom is 1.00 e. The molecular weight excluding hydrogens is 528 g/mol. The van der Waals surface area contributed by atoms with Crippen LogP contribution >= 0.6 is 11.3 Å². The van der Waals surface area contributed by atoms with Gasteiger partial charge in [-0.05, 0) is 55.7 Å². The summed E-state index contributed by atoms with van der Waals surface area (Å²) in [6.45, 7) is 2.90. The van der Waals surface area contributed by atoms with Crippen molar-refractivity contribution in [2.24, 2.45) is 5.92 Å². The third-order valence-electron chi connectivity index (χ3n) is 6.60. The number of pyridine rings is 1. The molecule has 5 rings (SSSR count). The van der Waals surface area contributed by atoms with Gasteiger partial charge in [-0.2, -0.15) is 0 Å². The Labute approximate surface area is 247 Å². The molecule has 1 unspecified atom stereocenters. The predicted octanol–water partition coefficient (Wildman–Crippen LogP) is 2.36. The molecule has 9 nitrogen and oxygen atoms in total. The number of likely N-dealkylation sites (tertiary alicyclic amines) is 1. The molecule has 3 heterocycles. The number of hydrogen-bond acceptors (Lipinski definition) is 6. The average molecular weight is 556 g/mol. The molecule has 202 valence electrons. The molecule has 12 heteroatoms. The smallest absolute Gasteiger partial charge is 1.00 e. The van der Waals surface area contributed by atoms with Crippen LogP contribution in [-0.4, -0.2) is 57.5 Å². The number of anilines is 1. The van der Waals surface area contributed by atoms with Crippen molar-refractivity contribution in [3.63, 3.8) is 0 Å². The molecule has 40 heavy (non-hydrogen) atoms. The van der Waals surface area contributed by atoms with Gasteiger partial charge in [0.15, 0.2) is 10.9 Å². The number of nitrogens with one attached hydrogen (secondary N) is 2. The summed E-state index contributed by atoms with van der Waals surface area (Å²) < 4.78 is 16.4. The number of rotatable bonds is 6. The van der Waals surface area contributed by atoms with Crippen LogP contribution in [-0.2, 0) is 4.79 Å². The maximum atomic E-state index is 15.9. The number of benzene rings is 2. The number of aromatic nitrogens is 2. The summed E-state index contributed by atoms with van der Waals surface area (Å²) in [5.74, 6) is -2.27. The number of fused-ring (bicyclic) bond motifs is 1. The van der Waals surface area contributed by atoms with E-state index in [0.29, 0.717) is 53.0 Å². The summed E-state index contributed by atoms with van der Waals surface area (Å²) in [7, 11) is 0. The fourth-order valence-corrected chi connectivity index (χ4v) is 5.65. The van der Waals surface area contributed by atoms with Gasteiger partial charge in [0, 0.05) is 42.5 Å². The number of aliphatic carboxylic acids is 1. The van der Waals surface area contributed by atoms with E-state index in [4.69, 9.17) is 0 Å². The second-order valence-electron chi connectivity index (χ2n) is 9.19. The maximum absolute atomic E-state index is 15.9. The Morgan fingerprint density at radius 1 is 1.18 bits per heavy atom. The standard InChI is InChI=1S/C28H26FN5O4S.Li.H/c1-2-30-27(38)33-28-32-23-22(29)19(14-20(24(23)39-28)21-7-3-4-12-31-21)16-8-10-17(11-9-16)25(35)34-13-5-6-18(15-34)26(36)37;;/h3-4,7-12,14,18H,2,5-6,13,15H2,1H3,(H,36,37)(H2,30,32,33,38);;/q;+1;-1. The number of halogens is 1. The van der Waals surface area contributed by atoms with Crippen LogP contribution in [0.25, 0.3) is 32.6 Å². The average Bonchev–Trinajstić information content (AvgIpc) is 3.37. The zero-order chi connectivity index (χ0) is 27.5. The van der Waals surface area contributed by atoms with Crippen molar-refractivity contribution in [1.29, 1.82) is 0 Å². The SMILES string of the molecule is CCNC(=O)Nc1nc2c(F)c(-c3ccc(C(=O)N4CCCC(C(=O)O)C4)cc3)cc(-c3ccccn3)c2s1.[H-].[Li+]. The van der Waals surface area contributed by atoms with Crippen molar-refractivity contribution in [3.05, 3.63) is 66.1 Å². The topological polar surface area (TPSA) is 125 Å². The summed E-state index contributed by atoms with van der Waals surface area (Å²) in [6.07, 6.45) is 2.83. The van der Waals surface area contributed by atoms with Gasteiger partial charge in [0.05, 0.1) is 16.3 Å². The molecule has 4 aromatic rings. The minimum atomic E-state index is -0.899. The van der Waals surface area contributed by atoms with E-state index in [1.807, 2.05) is 12.1 Å². The number of piperidine rings is 1. The second-order valence-corrected chi connectivity index (χ2v) is 10.2. The largest absolute Gasteiger partial charge is 1.00 e. The minimum absolute atomic E-state index is 0. The van der Waals surface area contributed by atoms with E-state index >= 15 is 4.39 Å². The van der Waals surface area contributed by atoms with Crippen LogP contribution in [0.1, 0.15) is 31.6 Å². The molecule has 1 atom stereocenters. The van der Waals surface area contributed by atoms with Crippen molar-refractivity contribution < 1.29 is 44.2 Å². The Hall–Kier alpha value is -3.78. The van der Waals surface area contributed by atoms with Gasteiger partial charge in [-0.15, -0.1) is 0 Å². The van der Waals surface area contributed by atoms with E-state index in [9.17, 15) is 19.5 Å². The van der Waals surface area contributed by atoms with Crippen LogP contribution in [0.4, 0.5) is 14.3 Å². The molecule has 2 aromatic heterocycles. The zero-order valence-electron chi connectivity index (χ0n) is 23.1. The Bertz CT molecular complexity index is 1550. The van der Waals surface area contributed by atoms with Gasteiger partial charge in [0.2, 0.25) is 0 Å². The first-order valence-electron chi connectivity index (χ1n) is 12.6. The van der Waals surface area contributed by atoms with Crippen molar-refractivity contribution in [1.82, 2.24) is 20.2 Å². The van der Waals surface area contributed by atoms with Gasteiger partial charge in [0.25, 0.3) is 5.91 Å². The van der Waals surface area contributed by atoms with Gasteiger partial charge >= 0.3 is 30.9 Å². The van der Waals surface area contributed by atoms with Gasteiger partial charge in [-0.1, -0.05) is 29.5 Å². The number of amides is 3. The first-order valence-corrected chi connectivity index (χ1v) is 13.4. The van der Waals surface area contributed by atoms with Crippen molar-refractivity contribution in [2.75, 3.05) is 25.0 Å². The minimum Gasteiger partial charge on any atom is -1.00 e. The van der Waals surface area contributed by atoms with Crippen LogP contribution in [0.5, 0.6) is 0 Å². The summed E-state index contributed by atoms with van der Waals surface area (Å²) in [5.41, 5.74) is 2.62. The number of urea groups is 1. The quantitative estimate of drug-likeness (QED) is 0.314. The van der Waals surface area contributed by atoms with Gasteiger partial charge in [0.1, 0.15) is 5.52 Å². The van der Waals surface area contributed by atoms with Crippen LogP contribution in [0.3, 0.4) is 0 Å². The summed E-state index contributed by atoms with van der Waals surface area (Å²) in [6, 6.07) is 13.3. The number of carboxylic acid groups (broad SMARTS) is 1. The fraction of sp³-hybridized carbons (Fsp3) is 0.250. The number of carboxylic acids is 1. The van der Waals surface area contributed by atoms with E-state index in [2.05, 4.69) is 20.6 Å². The van der Waals surface area contributed by atoms with Gasteiger partial charge in [-0.25, -0.2) is 14.2 Å². The van der Waals surface area contributed by atoms with E-state index in [1.54, 1.807) is 54.4 Å². The Morgan fingerprint density at radius 2 is 1.95 bits per heavy atom. The number of nitrogens with zero attached hydrogens (tertiary/aromatic N) is 3. The monoisotopic (exact) mass is 555 g/mol. The van der Waals surface area contributed by atoms with Crippen molar-refractivity contribution >= 4 is 44.6 Å². The van der Waals surface area contributed by atoms with E-state index < -0.39 is 23.7 Å². The second kappa shape index (κ2) is 12.6. The molecule has 0 bridgehead atoms. The van der Waals surface area contributed by atoms with E-state index in [0.717, 1.165) is 11.3 Å². The number of thiazole rings is 1. The molecule has 1 saturated heterocycles. The van der Waals surface area contributed by atoms with E-state index in [-0.39, 0.29) is 49.0 Å². The summed E-state index contributed by atoms with van der Waals surface area (Å²) in [4.78, 5) is 46.8. The van der Waals surface area contributed by atoms with Crippen LogP contribution in [0.2, 0.25) is 0 Å². The van der Waals surface area contributed by atoms with Crippen molar-refractivity contribution in [3.8, 4) is 22.4 Å². The molecule has 1 aliphatic rings. The molecule has 1 aliphatic heterocycles. The van der Waals surface area contributed by atoms with Crippen molar-refractivity contribution in [2.45, 2.75) is 19.8 Å². The molecule has 0 spiro atoms. The van der Waals surface area contributed by atoms with Gasteiger partial charge in [-0.3, -0.25) is 19.9 Å². The Kier molecular flexibility index (Phi) is 9.20. The first kappa shape index (κ1) is 29.2. The number of hydrogen-bond donors (Lipinski definition) is 3. The fourth-order valence-electron chi connectivity index (χ4n) is 4.67. The predicted molar refractivity (Wildman–Crippen MR) is 148 cm³/mol. The Balaban J connectivity index is 0.00000231. The van der Waals surface area contributed by atoms with Crippen LogP contribution in [0.15, 0.2) is 54.7 Å². The van der Waals surface area contributed by atoms with Crippen LogP contribution < -0.4 is 29.5 Å². The third kappa shape index (κ3) is 6.02. The zero-order valence-corrected chi connectivity index (χ0v) is 22.9. The first-order chi connectivity index (χ1) is 18.9. The molecular formula is C28H27FLiN5O4S. The Morgan fingerprint density at radius 3 is 2.62 bits per heavy atom.